The van der Waals surface area contributed by atoms with Crippen molar-refractivity contribution >= 4 is 12.1 Å². The van der Waals surface area contributed by atoms with Gasteiger partial charge in [-0.25, -0.2) is 9.59 Å². The van der Waals surface area contributed by atoms with Gasteiger partial charge in [-0.15, -0.1) is 0 Å². The summed E-state index contributed by atoms with van der Waals surface area (Å²) in [4.78, 5) is 27.6. The van der Waals surface area contributed by atoms with E-state index in [0.717, 1.165) is 26.2 Å². The number of carbonyl (C=O) groups is 2. The molecule has 0 bridgehead atoms. The molecule has 2 aliphatic rings. The molecule has 0 radical (unpaired) electrons. The highest BCUT2D eigenvalue weighted by Crippen LogP contribution is 2.07. The van der Waals surface area contributed by atoms with Crippen LogP contribution in [0.2, 0.25) is 0 Å². The largest absolute Gasteiger partial charge is 0.325 e. The van der Waals surface area contributed by atoms with Gasteiger partial charge in [-0.1, -0.05) is 12.8 Å². The Morgan fingerprint density at radius 1 is 0.667 bits per heavy atom. The van der Waals surface area contributed by atoms with E-state index in [9.17, 15) is 9.59 Å². The van der Waals surface area contributed by atoms with Gasteiger partial charge in [-0.05, 0) is 51.9 Å². The quantitative estimate of drug-likeness (QED) is 0.720. The van der Waals surface area contributed by atoms with Crippen molar-refractivity contribution < 1.29 is 9.59 Å². The van der Waals surface area contributed by atoms with Crippen molar-refractivity contribution in [3.05, 3.63) is 0 Å². The van der Waals surface area contributed by atoms with Crippen LogP contribution in [0.15, 0.2) is 0 Å². The molecule has 7 heteroatoms. The van der Waals surface area contributed by atoms with E-state index in [2.05, 4.69) is 25.8 Å². The summed E-state index contributed by atoms with van der Waals surface area (Å²) >= 11 is 0. The third kappa shape index (κ3) is 6.31. The van der Waals surface area contributed by atoms with Crippen LogP contribution in [-0.4, -0.2) is 61.4 Å². The summed E-state index contributed by atoms with van der Waals surface area (Å²) in [5, 5.41) is 7.75. The number of nitrogens with zero attached hydrogens (tertiary/aromatic N) is 2. The zero-order valence-electron chi connectivity index (χ0n) is 12.7. The lowest BCUT2D eigenvalue weighted by Gasteiger charge is -2.27. The predicted octanol–water partition coefficient (Wildman–Crippen LogP) is 0.882. The first-order valence-corrected chi connectivity index (χ1v) is 8.01. The number of carbonyl (C=O) groups excluding carboxylic acids is 2. The van der Waals surface area contributed by atoms with E-state index >= 15 is 0 Å². The van der Waals surface area contributed by atoms with Gasteiger partial charge >= 0.3 is 12.1 Å². The fourth-order valence-electron chi connectivity index (χ4n) is 2.79. The van der Waals surface area contributed by atoms with E-state index in [1.54, 1.807) is 0 Å². The normalized spacial score (nSPS) is 20.8. The minimum Gasteiger partial charge on any atom is -0.325 e. The number of rotatable bonds is 4. The molecule has 2 rings (SSSR count). The fourth-order valence-corrected chi connectivity index (χ4v) is 2.79. The lowest BCUT2D eigenvalue weighted by Crippen LogP contribution is -2.50. The van der Waals surface area contributed by atoms with Crippen LogP contribution in [0.25, 0.3) is 0 Å². The third-order valence-electron chi connectivity index (χ3n) is 4.05. The molecule has 0 saturated carbocycles. The molecule has 0 unspecified atom stereocenters. The second-order valence-electron chi connectivity index (χ2n) is 5.81. The Hall–Kier alpha value is -1.34. The molecule has 0 aromatic rings. The second-order valence-corrected chi connectivity index (χ2v) is 5.81. The first-order chi connectivity index (χ1) is 10.2. The summed E-state index contributed by atoms with van der Waals surface area (Å²) in [5.74, 6) is 0. The minimum absolute atomic E-state index is 0.434. The van der Waals surface area contributed by atoms with Crippen molar-refractivity contribution in [3.63, 3.8) is 0 Å². The highest BCUT2D eigenvalue weighted by atomic mass is 16.2. The third-order valence-corrected chi connectivity index (χ3v) is 4.05. The lowest BCUT2D eigenvalue weighted by atomic mass is 10.1. The Bertz CT molecular complexity index is 306. The van der Waals surface area contributed by atoms with Gasteiger partial charge in [-0.3, -0.25) is 15.1 Å². The van der Waals surface area contributed by atoms with E-state index in [-0.39, 0.29) is 0 Å². The summed E-state index contributed by atoms with van der Waals surface area (Å²) in [7, 11) is 0. The van der Waals surface area contributed by atoms with Crippen LogP contribution in [0.1, 0.15) is 38.5 Å². The Labute approximate surface area is 126 Å². The number of hydrogen-bond donors (Lipinski definition) is 3. The summed E-state index contributed by atoms with van der Waals surface area (Å²) < 4.78 is 0. The number of amides is 4. The Morgan fingerprint density at radius 3 is 1.43 bits per heavy atom. The molecule has 0 aliphatic carbocycles. The Balaban J connectivity index is 1.54. The Morgan fingerprint density at radius 2 is 1.05 bits per heavy atom. The number of likely N-dealkylation sites (tertiary alicyclic amines) is 2. The highest BCUT2D eigenvalue weighted by molar-refractivity contribution is 5.93. The molecule has 3 N–H and O–H groups in total. The van der Waals surface area contributed by atoms with Crippen molar-refractivity contribution in [2.45, 2.75) is 38.5 Å². The molecule has 0 aromatic carbocycles. The molecule has 7 nitrogen and oxygen atoms in total. The maximum Gasteiger partial charge on any atom is 0.323 e. The van der Waals surface area contributed by atoms with E-state index in [0.29, 0.717) is 13.3 Å². The first-order valence-electron chi connectivity index (χ1n) is 8.01. The molecule has 120 valence electrons. The molecule has 0 aromatic heterocycles. The van der Waals surface area contributed by atoms with E-state index in [4.69, 9.17) is 0 Å². The molecular weight excluding hydrogens is 270 g/mol. The van der Waals surface area contributed by atoms with Crippen LogP contribution in [0.3, 0.4) is 0 Å². The highest BCUT2D eigenvalue weighted by Gasteiger charge is 2.14. The summed E-state index contributed by atoms with van der Waals surface area (Å²) in [6.45, 7) is 5.07. The van der Waals surface area contributed by atoms with Crippen LogP contribution in [0.5, 0.6) is 0 Å². The number of imide groups is 1. The van der Waals surface area contributed by atoms with Crippen LogP contribution in [0, 0.1) is 0 Å². The smallest absolute Gasteiger partial charge is 0.323 e. The van der Waals surface area contributed by atoms with Crippen molar-refractivity contribution in [1.29, 1.82) is 0 Å². The van der Waals surface area contributed by atoms with Crippen LogP contribution >= 0.6 is 0 Å². The van der Waals surface area contributed by atoms with E-state index in [1.165, 1.54) is 38.5 Å². The average molecular weight is 297 g/mol. The predicted molar refractivity (Wildman–Crippen MR) is 80.8 cm³/mol. The Kier molecular flexibility index (Phi) is 6.75. The van der Waals surface area contributed by atoms with Crippen molar-refractivity contribution in [2.24, 2.45) is 0 Å². The maximum atomic E-state index is 11.6. The molecule has 0 spiro atoms. The molecule has 2 saturated heterocycles. The standard InChI is InChI=1S/C14H27N5O2/c20-13(15-11-18-7-3-1-4-8-18)17-14(21)16-12-19-9-5-2-6-10-19/h1-12H2,(H3,15,16,17,20,21). The number of nitrogens with one attached hydrogen (secondary N) is 3. The zero-order chi connectivity index (χ0) is 14.9. The monoisotopic (exact) mass is 297 g/mol. The first kappa shape index (κ1) is 16.0. The van der Waals surface area contributed by atoms with Gasteiger partial charge in [0.05, 0.1) is 13.3 Å². The van der Waals surface area contributed by atoms with Gasteiger partial charge < -0.3 is 10.6 Å². The molecular formula is C14H27N5O2. The van der Waals surface area contributed by atoms with Gasteiger partial charge in [0.2, 0.25) is 0 Å². The SMILES string of the molecule is O=C(NCN1CCCCC1)NC(=O)NCN1CCCCC1. The molecule has 2 aliphatic heterocycles. The fraction of sp³-hybridized carbons (Fsp3) is 0.857. The maximum absolute atomic E-state index is 11.6. The van der Waals surface area contributed by atoms with Crippen LogP contribution in [0.4, 0.5) is 9.59 Å². The topological polar surface area (TPSA) is 76.7 Å². The van der Waals surface area contributed by atoms with Crippen molar-refractivity contribution in [2.75, 3.05) is 39.5 Å². The molecule has 21 heavy (non-hydrogen) atoms. The molecule has 2 fully saturated rings. The van der Waals surface area contributed by atoms with Crippen molar-refractivity contribution in [3.8, 4) is 0 Å². The van der Waals surface area contributed by atoms with Gasteiger partial charge in [0, 0.05) is 0 Å². The number of urea groups is 2. The molecule has 4 amide bonds. The molecule has 0 atom stereocenters. The van der Waals surface area contributed by atoms with Gasteiger partial charge in [0.15, 0.2) is 0 Å². The summed E-state index contributed by atoms with van der Waals surface area (Å²) in [6.07, 6.45) is 7.25. The minimum atomic E-state index is -0.434. The average Bonchev–Trinajstić information content (AvgIpc) is 2.53. The zero-order valence-corrected chi connectivity index (χ0v) is 12.7. The van der Waals surface area contributed by atoms with E-state index < -0.39 is 12.1 Å². The van der Waals surface area contributed by atoms with Crippen molar-refractivity contribution in [1.82, 2.24) is 25.8 Å². The van der Waals surface area contributed by atoms with Crippen LogP contribution < -0.4 is 16.0 Å². The van der Waals surface area contributed by atoms with Crippen LogP contribution in [-0.2, 0) is 0 Å². The van der Waals surface area contributed by atoms with E-state index in [1.807, 2.05) is 0 Å². The number of piperidine rings is 2. The van der Waals surface area contributed by atoms with Gasteiger partial charge in [0.1, 0.15) is 0 Å². The number of hydrogen-bond acceptors (Lipinski definition) is 4. The van der Waals surface area contributed by atoms with Gasteiger partial charge in [-0.2, -0.15) is 0 Å². The summed E-state index contributed by atoms with van der Waals surface area (Å²) in [6, 6.07) is -0.867. The lowest BCUT2D eigenvalue weighted by molar-refractivity contribution is 0.193. The van der Waals surface area contributed by atoms with Gasteiger partial charge in [0.25, 0.3) is 0 Å². The second kappa shape index (κ2) is 8.84. The molecule has 2 heterocycles. The summed E-state index contributed by atoms with van der Waals surface area (Å²) in [5.41, 5.74) is 0.